The third kappa shape index (κ3) is 3.03. The molecular formula is C14H12BN5S. The molecule has 2 aromatic heterocycles. The molecule has 3 aromatic rings. The first-order valence-corrected chi connectivity index (χ1v) is 7.12. The van der Waals surface area contributed by atoms with E-state index in [1.165, 1.54) is 11.3 Å². The van der Waals surface area contributed by atoms with Crippen LogP contribution >= 0.6 is 11.3 Å². The molecule has 0 saturated heterocycles. The molecule has 0 aliphatic heterocycles. The molecule has 21 heavy (non-hydrogen) atoms. The quantitative estimate of drug-likeness (QED) is 0.723. The van der Waals surface area contributed by atoms with Gasteiger partial charge in [-0.25, -0.2) is 15.0 Å². The number of thiazole rings is 1. The first-order chi connectivity index (χ1) is 10.1. The average molecular weight is 293 g/mol. The van der Waals surface area contributed by atoms with E-state index in [0.717, 1.165) is 22.0 Å². The number of hydrogen-bond acceptors (Lipinski definition) is 6. The van der Waals surface area contributed by atoms with Gasteiger partial charge in [-0.1, -0.05) is 28.9 Å². The molecule has 0 bridgehead atoms. The number of nitrogens with two attached hydrogens (primary N) is 1. The summed E-state index contributed by atoms with van der Waals surface area (Å²) in [4.78, 5) is 13.9. The molecule has 7 heteroatoms. The first kappa shape index (κ1) is 13.6. The Labute approximate surface area is 127 Å². The minimum absolute atomic E-state index is 0.504. The highest BCUT2D eigenvalue weighted by atomic mass is 32.1. The van der Waals surface area contributed by atoms with Crippen LogP contribution in [0, 0.1) is 6.92 Å². The maximum Gasteiger partial charge on any atom is 0.227 e. The summed E-state index contributed by atoms with van der Waals surface area (Å²) in [5.41, 5.74) is 8.91. The molecular weight excluding hydrogens is 281 g/mol. The van der Waals surface area contributed by atoms with Crippen molar-refractivity contribution >= 4 is 41.4 Å². The Bertz CT molecular complexity index is 787. The summed E-state index contributed by atoms with van der Waals surface area (Å²) < 4.78 is 0. The van der Waals surface area contributed by atoms with Crippen molar-refractivity contribution < 1.29 is 0 Å². The fourth-order valence-electron chi connectivity index (χ4n) is 1.95. The maximum absolute atomic E-state index is 5.75. The third-order valence-corrected chi connectivity index (χ3v) is 3.85. The zero-order chi connectivity index (χ0) is 14.8. The molecule has 102 valence electrons. The summed E-state index contributed by atoms with van der Waals surface area (Å²) in [5, 5.41) is 3.67. The third-order valence-electron chi connectivity index (χ3n) is 2.84. The maximum atomic E-state index is 5.75. The van der Waals surface area contributed by atoms with Gasteiger partial charge < -0.3 is 11.1 Å². The van der Waals surface area contributed by atoms with Gasteiger partial charge in [0.05, 0.1) is 16.3 Å². The van der Waals surface area contributed by atoms with Gasteiger partial charge in [0.2, 0.25) is 5.95 Å². The topological polar surface area (TPSA) is 76.7 Å². The van der Waals surface area contributed by atoms with Crippen molar-refractivity contribution in [3.05, 3.63) is 42.2 Å². The van der Waals surface area contributed by atoms with Crippen molar-refractivity contribution in [1.82, 2.24) is 15.0 Å². The van der Waals surface area contributed by atoms with Crippen molar-refractivity contribution in [3.63, 3.8) is 0 Å². The SMILES string of the molecule is [B]c1cccc(Nc2nccc(-c3sc(N)nc3C)n2)c1. The average Bonchev–Trinajstić information content (AvgIpc) is 2.78. The Hall–Kier alpha value is -2.41. The summed E-state index contributed by atoms with van der Waals surface area (Å²) in [6, 6.07) is 9.26. The highest BCUT2D eigenvalue weighted by Gasteiger charge is 2.10. The normalized spacial score (nSPS) is 10.5. The Morgan fingerprint density at radius 3 is 2.81 bits per heavy atom. The number of hydrogen-bond donors (Lipinski definition) is 2. The van der Waals surface area contributed by atoms with E-state index >= 15 is 0 Å². The van der Waals surface area contributed by atoms with E-state index in [0.29, 0.717) is 16.5 Å². The highest BCUT2D eigenvalue weighted by Crippen LogP contribution is 2.30. The fraction of sp³-hybridized carbons (Fsp3) is 0.0714. The van der Waals surface area contributed by atoms with Crippen LogP contribution in [0.5, 0.6) is 0 Å². The molecule has 0 unspecified atom stereocenters. The predicted molar refractivity (Wildman–Crippen MR) is 87.4 cm³/mol. The lowest BCUT2D eigenvalue weighted by molar-refractivity contribution is 1.17. The van der Waals surface area contributed by atoms with E-state index in [1.54, 1.807) is 6.20 Å². The monoisotopic (exact) mass is 293 g/mol. The molecule has 0 spiro atoms. The number of nitrogens with one attached hydrogen (secondary N) is 1. The van der Waals surface area contributed by atoms with Crippen molar-refractivity contribution in [2.45, 2.75) is 6.92 Å². The van der Waals surface area contributed by atoms with Crippen LogP contribution in [-0.4, -0.2) is 22.8 Å². The van der Waals surface area contributed by atoms with Gasteiger partial charge in [0, 0.05) is 11.9 Å². The summed E-state index contributed by atoms with van der Waals surface area (Å²) in [6.45, 7) is 1.91. The Kier molecular flexibility index (Phi) is 3.58. The molecule has 1 aromatic carbocycles. The van der Waals surface area contributed by atoms with E-state index < -0.39 is 0 Å². The van der Waals surface area contributed by atoms with Crippen LogP contribution in [0.4, 0.5) is 16.8 Å². The van der Waals surface area contributed by atoms with Crippen LogP contribution in [0.3, 0.4) is 0 Å². The molecule has 0 amide bonds. The van der Waals surface area contributed by atoms with Crippen molar-refractivity contribution in [3.8, 4) is 10.6 Å². The number of aromatic nitrogens is 3. The number of nitrogens with zero attached hydrogens (tertiary/aromatic N) is 3. The lowest BCUT2D eigenvalue weighted by atomic mass is 9.96. The van der Waals surface area contributed by atoms with Crippen LogP contribution in [0.15, 0.2) is 36.5 Å². The van der Waals surface area contributed by atoms with E-state index in [1.807, 2.05) is 37.3 Å². The second-order valence-electron chi connectivity index (χ2n) is 4.48. The van der Waals surface area contributed by atoms with Gasteiger partial charge in [0.25, 0.3) is 0 Å². The number of anilines is 3. The first-order valence-electron chi connectivity index (χ1n) is 6.31. The molecule has 0 aliphatic rings. The number of benzene rings is 1. The minimum atomic E-state index is 0.504. The number of rotatable bonds is 3. The summed E-state index contributed by atoms with van der Waals surface area (Å²) >= 11 is 1.41. The van der Waals surface area contributed by atoms with E-state index in [2.05, 4.69) is 20.3 Å². The number of nitrogen functional groups attached to an aromatic ring is 1. The van der Waals surface area contributed by atoms with Crippen LogP contribution in [0.2, 0.25) is 0 Å². The van der Waals surface area contributed by atoms with Crippen LogP contribution < -0.4 is 16.5 Å². The summed E-state index contributed by atoms with van der Waals surface area (Å²) in [6.07, 6.45) is 1.70. The van der Waals surface area contributed by atoms with Gasteiger partial charge in [-0.05, 0) is 25.1 Å². The van der Waals surface area contributed by atoms with Gasteiger partial charge in [0.15, 0.2) is 5.13 Å². The zero-order valence-corrected chi connectivity index (χ0v) is 12.2. The van der Waals surface area contributed by atoms with Crippen LogP contribution in [0.25, 0.3) is 10.6 Å². The molecule has 3 N–H and O–H groups in total. The summed E-state index contributed by atoms with van der Waals surface area (Å²) in [5.74, 6) is 0.504. The van der Waals surface area contributed by atoms with E-state index in [-0.39, 0.29) is 0 Å². The largest absolute Gasteiger partial charge is 0.375 e. The molecule has 0 atom stereocenters. The lowest BCUT2D eigenvalue weighted by Gasteiger charge is -2.06. The van der Waals surface area contributed by atoms with Crippen molar-refractivity contribution in [1.29, 1.82) is 0 Å². The fourth-order valence-corrected chi connectivity index (χ4v) is 2.75. The molecule has 2 heterocycles. The minimum Gasteiger partial charge on any atom is -0.375 e. The van der Waals surface area contributed by atoms with Crippen molar-refractivity contribution in [2.24, 2.45) is 0 Å². The second-order valence-corrected chi connectivity index (χ2v) is 5.51. The lowest BCUT2D eigenvalue weighted by Crippen LogP contribution is -2.04. The zero-order valence-electron chi connectivity index (χ0n) is 11.4. The van der Waals surface area contributed by atoms with Gasteiger partial charge in [-0.2, -0.15) is 0 Å². The number of aryl methyl sites for hydroxylation is 1. The highest BCUT2D eigenvalue weighted by molar-refractivity contribution is 7.18. The van der Waals surface area contributed by atoms with Gasteiger partial charge in [-0.15, -0.1) is 0 Å². The van der Waals surface area contributed by atoms with Crippen LogP contribution in [0.1, 0.15) is 5.69 Å². The molecule has 0 fully saturated rings. The Morgan fingerprint density at radius 1 is 1.24 bits per heavy atom. The van der Waals surface area contributed by atoms with Crippen molar-refractivity contribution in [2.75, 3.05) is 11.1 Å². The van der Waals surface area contributed by atoms with Gasteiger partial charge in [0.1, 0.15) is 7.85 Å². The second kappa shape index (κ2) is 5.53. The molecule has 2 radical (unpaired) electrons. The summed E-state index contributed by atoms with van der Waals surface area (Å²) in [7, 11) is 5.75. The molecule has 5 nitrogen and oxygen atoms in total. The molecule has 0 aliphatic carbocycles. The standard InChI is InChI=1S/C14H12BN5S/c1-8-12(21-13(16)18-8)11-5-6-17-14(20-11)19-10-4-2-3-9(15)7-10/h2-7H,1H3,(H2,16,18)(H,17,19,20). The van der Waals surface area contributed by atoms with Gasteiger partial charge >= 0.3 is 0 Å². The van der Waals surface area contributed by atoms with E-state index in [9.17, 15) is 0 Å². The smallest absolute Gasteiger partial charge is 0.227 e. The molecule has 3 rings (SSSR count). The van der Waals surface area contributed by atoms with Crippen LogP contribution in [-0.2, 0) is 0 Å². The Morgan fingerprint density at radius 2 is 2.10 bits per heavy atom. The van der Waals surface area contributed by atoms with Gasteiger partial charge in [-0.3, -0.25) is 0 Å². The van der Waals surface area contributed by atoms with E-state index in [4.69, 9.17) is 13.6 Å². The Balaban J connectivity index is 1.92. The molecule has 0 saturated carbocycles. The predicted octanol–water partition coefficient (Wildman–Crippen LogP) is 2.03.